The van der Waals surface area contributed by atoms with Crippen LogP contribution in [0.25, 0.3) is 22.0 Å². The molecule has 0 unspecified atom stereocenters. The Bertz CT molecular complexity index is 1520. The van der Waals surface area contributed by atoms with E-state index in [1.54, 1.807) is 19.2 Å². The highest BCUT2D eigenvalue weighted by molar-refractivity contribution is 6.05. The summed E-state index contributed by atoms with van der Waals surface area (Å²) in [5.41, 5.74) is 2.42. The van der Waals surface area contributed by atoms with Crippen LogP contribution in [-0.2, 0) is 14.3 Å². The zero-order valence-corrected chi connectivity index (χ0v) is 24.9. The lowest BCUT2D eigenvalue weighted by atomic mass is 10.2. The van der Waals surface area contributed by atoms with E-state index in [1.807, 2.05) is 18.2 Å². The van der Waals surface area contributed by atoms with Gasteiger partial charge in [-0.3, -0.25) is 19.8 Å². The molecule has 3 amide bonds. The van der Waals surface area contributed by atoms with Gasteiger partial charge in [-0.25, -0.2) is 9.18 Å². The quantitative estimate of drug-likeness (QED) is 0.0937. The number of halogens is 1. The van der Waals surface area contributed by atoms with Crippen LogP contribution in [0.5, 0.6) is 11.5 Å². The summed E-state index contributed by atoms with van der Waals surface area (Å²) >= 11 is 0. The largest absolute Gasteiger partial charge is 0.493 e. The predicted octanol–water partition coefficient (Wildman–Crippen LogP) is 4.80. The van der Waals surface area contributed by atoms with Gasteiger partial charge in [0.25, 0.3) is 0 Å². The highest BCUT2D eigenvalue weighted by atomic mass is 19.1. The number of aromatic amines is 2. The van der Waals surface area contributed by atoms with Gasteiger partial charge in [-0.2, -0.15) is 0 Å². The van der Waals surface area contributed by atoms with Crippen molar-refractivity contribution in [3.63, 3.8) is 0 Å². The number of hydrogen-bond acceptors (Lipinski definition) is 7. The molecule has 1 heterocycles. The molecule has 0 saturated carbocycles. The summed E-state index contributed by atoms with van der Waals surface area (Å²) < 4.78 is 29.6. The Kier molecular flexibility index (Phi) is 11.7. The average Bonchev–Trinajstić information content (AvgIpc) is 3.57. The standard InChI is InChI=1S/C31H39FN6O6/c1-42-25-19-23-20(16-24-29(23)37-38-30(24)36-22-9-5-8-21(32)18-22)17-26(25)44-15-7-11-28(40)34-13-4-3-12-33-27(39)10-6-14-35-31(41)43-2/h5,8-9,16-19,36-38H,3-4,6-7,10-15H2,1-2H3,(H,33,39)(H,34,40)(H,35,41). The van der Waals surface area contributed by atoms with Gasteiger partial charge in [-0.1, -0.05) is 6.07 Å². The van der Waals surface area contributed by atoms with Crippen LogP contribution >= 0.6 is 0 Å². The Labute approximate surface area is 254 Å². The molecule has 236 valence electrons. The number of hydrogen-bond donors (Lipinski definition) is 6. The number of H-pyrrole nitrogens is 2. The molecule has 13 heteroatoms. The lowest BCUT2D eigenvalue weighted by Crippen LogP contribution is -2.28. The summed E-state index contributed by atoms with van der Waals surface area (Å²) in [7, 11) is 2.87. The van der Waals surface area contributed by atoms with Crippen molar-refractivity contribution < 1.29 is 33.0 Å². The number of aromatic nitrogens is 2. The van der Waals surface area contributed by atoms with E-state index in [0.29, 0.717) is 74.9 Å². The first-order chi connectivity index (χ1) is 21.4. The van der Waals surface area contributed by atoms with E-state index in [2.05, 4.69) is 36.2 Å². The molecule has 0 saturated heterocycles. The molecule has 6 N–H and O–H groups in total. The van der Waals surface area contributed by atoms with Crippen LogP contribution in [0.3, 0.4) is 0 Å². The number of nitrogens with one attached hydrogen (secondary N) is 6. The van der Waals surface area contributed by atoms with Crippen LogP contribution < -0.4 is 30.7 Å². The van der Waals surface area contributed by atoms with Crippen molar-refractivity contribution >= 4 is 40.2 Å². The molecule has 0 atom stereocenters. The third-order valence-corrected chi connectivity index (χ3v) is 6.94. The Morgan fingerprint density at radius 3 is 2.25 bits per heavy atom. The number of amides is 3. The molecular formula is C31H39FN6O6. The lowest BCUT2D eigenvalue weighted by Gasteiger charge is -2.11. The minimum atomic E-state index is -0.512. The molecule has 2 aliphatic rings. The summed E-state index contributed by atoms with van der Waals surface area (Å²) in [4.78, 5) is 35.0. The van der Waals surface area contributed by atoms with E-state index in [0.717, 1.165) is 34.9 Å². The Morgan fingerprint density at radius 1 is 0.818 bits per heavy atom. The molecule has 44 heavy (non-hydrogen) atoms. The third kappa shape index (κ3) is 9.03. The normalized spacial score (nSPS) is 10.9. The topological polar surface area (TPSA) is 159 Å². The molecule has 0 aromatic heterocycles. The minimum absolute atomic E-state index is 0.0574. The number of rotatable bonds is 17. The average molecular weight is 611 g/mol. The molecule has 4 rings (SSSR count). The number of alkyl carbamates (subject to hydrolysis) is 1. The van der Waals surface area contributed by atoms with Gasteiger partial charge in [0.1, 0.15) is 11.6 Å². The van der Waals surface area contributed by atoms with Crippen LogP contribution in [-0.4, -0.2) is 68.6 Å². The molecular weight excluding hydrogens is 571 g/mol. The summed E-state index contributed by atoms with van der Waals surface area (Å²) in [6.45, 7) is 1.78. The van der Waals surface area contributed by atoms with E-state index in [1.165, 1.54) is 19.2 Å². The Morgan fingerprint density at radius 2 is 1.55 bits per heavy atom. The molecule has 1 aliphatic heterocycles. The maximum Gasteiger partial charge on any atom is 0.406 e. The van der Waals surface area contributed by atoms with Crippen LogP contribution in [0.2, 0.25) is 0 Å². The van der Waals surface area contributed by atoms with Gasteiger partial charge in [-0.05, 0) is 67.5 Å². The molecule has 0 bridgehead atoms. The summed E-state index contributed by atoms with van der Waals surface area (Å²) in [5, 5.41) is 19.6. The van der Waals surface area contributed by atoms with Crippen LogP contribution in [0.15, 0.2) is 42.5 Å². The summed E-state index contributed by atoms with van der Waals surface area (Å²) in [6, 6.07) is 12.1. The fourth-order valence-electron chi connectivity index (χ4n) is 4.70. The van der Waals surface area contributed by atoms with E-state index in [9.17, 15) is 18.8 Å². The van der Waals surface area contributed by atoms with Crippen LogP contribution in [0.4, 0.5) is 20.7 Å². The maximum atomic E-state index is 13.6. The first kappa shape index (κ1) is 32.0. The third-order valence-electron chi connectivity index (χ3n) is 6.94. The van der Waals surface area contributed by atoms with Crippen LogP contribution in [0, 0.1) is 5.82 Å². The Hall–Kier alpha value is -4.94. The number of carbonyl (C=O) groups excluding carboxylic acids is 3. The van der Waals surface area contributed by atoms with Crippen molar-refractivity contribution in [1.29, 1.82) is 0 Å². The number of carbonyl (C=O) groups is 3. The van der Waals surface area contributed by atoms with Gasteiger partial charge in [0.15, 0.2) is 11.5 Å². The number of ether oxygens (including phenoxy) is 3. The first-order valence-electron chi connectivity index (χ1n) is 14.6. The van der Waals surface area contributed by atoms with E-state index < -0.39 is 6.09 Å². The minimum Gasteiger partial charge on any atom is -0.493 e. The molecule has 1 aliphatic carbocycles. The van der Waals surface area contributed by atoms with Gasteiger partial charge >= 0.3 is 6.09 Å². The molecule has 2 aromatic carbocycles. The SMILES string of the molecule is COC(=O)NCCCC(=O)NCCCCNC(=O)CCCOc1cc2cc3c(Nc4cccc(F)c4)[nH][nH]c-3c2cc1OC. The lowest BCUT2D eigenvalue weighted by molar-refractivity contribution is -0.122. The van der Waals surface area contributed by atoms with E-state index in [4.69, 9.17) is 9.47 Å². The van der Waals surface area contributed by atoms with Gasteiger partial charge in [0.05, 0.1) is 26.5 Å². The number of fused-ring (bicyclic) bond motifs is 3. The fourth-order valence-corrected chi connectivity index (χ4v) is 4.70. The molecule has 0 fully saturated rings. The Balaban J connectivity index is 1.15. The van der Waals surface area contributed by atoms with Crippen LogP contribution in [0.1, 0.15) is 38.5 Å². The highest BCUT2D eigenvalue weighted by Crippen LogP contribution is 2.43. The number of benzene rings is 2. The predicted molar refractivity (Wildman–Crippen MR) is 165 cm³/mol. The van der Waals surface area contributed by atoms with E-state index in [-0.39, 0.29) is 17.6 Å². The molecule has 0 spiro atoms. The second kappa shape index (κ2) is 16.1. The number of unbranched alkanes of at least 4 members (excludes halogenated alkanes) is 1. The van der Waals surface area contributed by atoms with Crippen molar-refractivity contribution in [2.75, 3.05) is 45.8 Å². The smallest absolute Gasteiger partial charge is 0.406 e. The first-order valence-corrected chi connectivity index (χ1v) is 14.6. The van der Waals surface area contributed by atoms with Gasteiger partial charge in [0.2, 0.25) is 11.8 Å². The van der Waals surface area contributed by atoms with Gasteiger partial charge in [0, 0.05) is 49.1 Å². The van der Waals surface area contributed by atoms with Crippen molar-refractivity contribution in [3.05, 3.63) is 48.3 Å². The van der Waals surface area contributed by atoms with Crippen molar-refractivity contribution in [1.82, 2.24) is 26.1 Å². The zero-order chi connectivity index (χ0) is 31.3. The zero-order valence-electron chi connectivity index (χ0n) is 24.9. The number of methoxy groups -OCH3 is 2. The van der Waals surface area contributed by atoms with E-state index >= 15 is 0 Å². The highest BCUT2D eigenvalue weighted by Gasteiger charge is 2.20. The summed E-state index contributed by atoms with van der Waals surface area (Å²) in [6.07, 6.45) is 2.69. The van der Waals surface area contributed by atoms with Gasteiger partial charge < -0.3 is 35.5 Å². The molecule has 2 aromatic rings. The monoisotopic (exact) mass is 610 g/mol. The molecule has 0 radical (unpaired) electrons. The second-order valence-corrected chi connectivity index (χ2v) is 10.2. The number of anilines is 2. The second-order valence-electron chi connectivity index (χ2n) is 10.2. The summed E-state index contributed by atoms with van der Waals surface area (Å²) in [5.74, 6) is 1.41. The van der Waals surface area contributed by atoms with Crippen molar-refractivity contribution in [2.45, 2.75) is 38.5 Å². The van der Waals surface area contributed by atoms with Crippen molar-refractivity contribution in [3.8, 4) is 22.8 Å². The fraction of sp³-hybridized carbons (Fsp3) is 0.387. The maximum absolute atomic E-state index is 13.6. The van der Waals surface area contributed by atoms with Gasteiger partial charge in [-0.15, -0.1) is 0 Å². The van der Waals surface area contributed by atoms with Crippen molar-refractivity contribution in [2.24, 2.45) is 0 Å². The molecule has 12 nitrogen and oxygen atoms in total.